The van der Waals surface area contributed by atoms with Crippen molar-refractivity contribution in [3.63, 3.8) is 0 Å². The molecule has 164 valence electrons. The minimum absolute atomic E-state index is 0.216. The molecule has 2 fully saturated rings. The molecule has 3 aromatic rings. The molecule has 1 aromatic carbocycles. The van der Waals surface area contributed by atoms with Crippen LogP contribution in [0, 0.1) is 0 Å². The van der Waals surface area contributed by atoms with Crippen LogP contribution in [-0.2, 0) is 6.42 Å². The van der Waals surface area contributed by atoms with Crippen molar-refractivity contribution < 1.29 is 13.2 Å². The van der Waals surface area contributed by atoms with Crippen LogP contribution in [0.5, 0.6) is 0 Å². The summed E-state index contributed by atoms with van der Waals surface area (Å²) in [6.45, 7) is 1.91. The number of fused-ring (bicyclic) bond motifs is 1. The lowest BCUT2D eigenvalue weighted by Gasteiger charge is -2.24. The van der Waals surface area contributed by atoms with Crippen LogP contribution in [0.4, 0.5) is 30.5 Å². The van der Waals surface area contributed by atoms with E-state index in [0.29, 0.717) is 23.5 Å². The highest BCUT2D eigenvalue weighted by molar-refractivity contribution is 5.66. The number of benzene rings is 1. The summed E-state index contributed by atoms with van der Waals surface area (Å²) < 4.78 is 40.2. The summed E-state index contributed by atoms with van der Waals surface area (Å²) in [5, 5.41) is 14.7. The number of rotatable bonds is 6. The first-order valence-electron chi connectivity index (χ1n) is 10.7. The summed E-state index contributed by atoms with van der Waals surface area (Å²) in [4.78, 5) is 4.83. The van der Waals surface area contributed by atoms with Crippen molar-refractivity contribution in [2.45, 2.75) is 50.2 Å². The molecule has 2 aliphatic rings. The second-order valence-electron chi connectivity index (χ2n) is 8.44. The molecule has 9 heteroatoms. The molecule has 2 aromatic heterocycles. The van der Waals surface area contributed by atoms with Gasteiger partial charge in [0.2, 0.25) is 0 Å². The lowest BCUT2D eigenvalue weighted by Crippen LogP contribution is -2.38. The van der Waals surface area contributed by atoms with Crippen molar-refractivity contribution in [3.05, 3.63) is 47.7 Å². The maximum Gasteiger partial charge on any atom is 0.393 e. The molecule has 1 aliphatic carbocycles. The predicted molar refractivity (Wildman–Crippen MR) is 114 cm³/mol. The van der Waals surface area contributed by atoms with E-state index in [1.165, 1.54) is 12.1 Å². The minimum atomic E-state index is -4.24. The zero-order valence-corrected chi connectivity index (χ0v) is 17.0. The van der Waals surface area contributed by atoms with Gasteiger partial charge in [-0.05, 0) is 55.8 Å². The molecule has 0 unspecified atom stereocenters. The lowest BCUT2D eigenvalue weighted by atomic mass is 10.1. The van der Waals surface area contributed by atoms with Crippen LogP contribution in [0.25, 0.3) is 5.65 Å². The monoisotopic (exact) mass is 430 g/mol. The molecule has 3 N–H and O–H groups in total. The Labute approximate surface area is 178 Å². The molecule has 31 heavy (non-hydrogen) atoms. The molecule has 0 bridgehead atoms. The Hall–Kier alpha value is -2.81. The maximum absolute atomic E-state index is 12.8. The Morgan fingerprint density at radius 3 is 2.77 bits per heavy atom. The van der Waals surface area contributed by atoms with Gasteiger partial charge in [0.05, 0.1) is 12.6 Å². The Balaban J connectivity index is 1.47. The fourth-order valence-electron chi connectivity index (χ4n) is 4.15. The van der Waals surface area contributed by atoms with Gasteiger partial charge in [-0.15, -0.1) is 0 Å². The zero-order chi connectivity index (χ0) is 21.4. The predicted octanol–water partition coefficient (Wildman–Crippen LogP) is 4.62. The van der Waals surface area contributed by atoms with E-state index in [2.05, 4.69) is 21.0 Å². The maximum atomic E-state index is 12.8. The highest BCUT2D eigenvalue weighted by Gasteiger charge is 2.29. The van der Waals surface area contributed by atoms with E-state index in [9.17, 15) is 13.2 Å². The van der Waals surface area contributed by atoms with Gasteiger partial charge in [-0.2, -0.15) is 22.8 Å². The Morgan fingerprint density at radius 1 is 1.16 bits per heavy atom. The molecule has 3 heterocycles. The van der Waals surface area contributed by atoms with Crippen molar-refractivity contribution in [3.8, 4) is 0 Å². The smallest absolute Gasteiger partial charge is 0.366 e. The summed E-state index contributed by atoms with van der Waals surface area (Å²) in [7, 11) is 0. The fraction of sp³-hybridized carbons (Fsp3) is 0.455. The molecule has 1 atom stereocenters. The van der Waals surface area contributed by atoms with Crippen molar-refractivity contribution in [2.24, 2.45) is 0 Å². The van der Waals surface area contributed by atoms with Crippen LogP contribution in [0.2, 0.25) is 0 Å². The van der Waals surface area contributed by atoms with E-state index in [1.54, 1.807) is 16.6 Å². The zero-order valence-electron chi connectivity index (χ0n) is 17.0. The molecular weight excluding hydrogens is 405 g/mol. The number of hydrogen-bond acceptors (Lipinski definition) is 5. The van der Waals surface area contributed by atoms with Crippen LogP contribution < -0.4 is 16.0 Å². The Kier molecular flexibility index (Phi) is 5.21. The molecule has 0 radical (unpaired) electrons. The normalized spacial score (nSPS) is 19.5. The van der Waals surface area contributed by atoms with Gasteiger partial charge in [-0.25, -0.2) is 4.98 Å². The first kappa shape index (κ1) is 20.1. The van der Waals surface area contributed by atoms with E-state index < -0.39 is 12.6 Å². The van der Waals surface area contributed by atoms with Gasteiger partial charge in [0.25, 0.3) is 0 Å². The third-order valence-electron chi connectivity index (χ3n) is 5.77. The molecule has 1 saturated carbocycles. The fourth-order valence-corrected chi connectivity index (χ4v) is 4.15. The van der Waals surface area contributed by atoms with Gasteiger partial charge in [0.15, 0.2) is 5.65 Å². The number of nitrogens with zero attached hydrogens (tertiary/aromatic N) is 3. The highest BCUT2D eigenvalue weighted by atomic mass is 19.4. The average molecular weight is 430 g/mol. The van der Waals surface area contributed by atoms with E-state index in [0.717, 1.165) is 55.8 Å². The Bertz CT molecular complexity index is 1070. The topological polar surface area (TPSA) is 66.3 Å². The minimum Gasteiger partial charge on any atom is -0.366 e. The summed E-state index contributed by atoms with van der Waals surface area (Å²) in [5.74, 6) is 1.91. The van der Waals surface area contributed by atoms with Crippen LogP contribution >= 0.6 is 0 Å². The summed E-state index contributed by atoms with van der Waals surface area (Å²) in [6, 6.07) is 8.58. The number of anilines is 3. The second kappa shape index (κ2) is 8.03. The van der Waals surface area contributed by atoms with Crippen LogP contribution in [0.15, 0.2) is 36.5 Å². The summed E-state index contributed by atoms with van der Waals surface area (Å²) in [6.07, 6.45) is 1.11. The molecule has 6 nitrogen and oxygen atoms in total. The quantitative estimate of drug-likeness (QED) is 0.533. The van der Waals surface area contributed by atoms with Crippen molar-refractivity contribution in [1.29, 1.82) is 0 Å². The van der Waals surface area contributed by atoms with Gasteiger partial charge < -0.3 is 16.0 Å². The number of hydrogen-bond donors (Lipinski definition) is 3. The molecule has 1 aliphatic heterocycles. The van der Waals surface area contributed by atoms with Crippen molar-refractivity contribution in [2.75, 3.05) is 23.7 Å². The largest absolute Gasteiger partial charge is 0.393 e. The third kappa shape index (κ3) is 4.76. The van der Waals surface area contributed by atoms with Gasteiger partial charge in [0, 0.05) is 29.9 Å². The van der Waals surface area contributed by atoms with Gasteiger partial charge in [-0.1, -0.05) is 12.1 Å². The number of halogens is 3. The highest BCUT2D eigenvalue weighted by Crippen LogP contribution is 2.42. The molecule has 1 saturated heterocycles. The summed E-state index contributed by atoms with van der Waals surface area (Å²) in [5.41, 5.74) is 2.72. The lowest BCUT2D eigenvalue weighted by molar-refractivity contribution is -0.127. The first-order chi connectivity index (χ1) is 14.9. The number of aromatic nitrogens is 3. The summed E-state index contributed by atoms with van der Waals surface area (Å²) >= 11 is 0. The molecule has 0 amide bonds. The third-order valence-corrected chi connectivity index (χ3v) is 5.77. The standard InChI is InChI=1S/C22H25F3N6/c23-22(24,25)11-14-3-1-4-16(9-14)29-20-10-19(28-17-5-2-8-26-12-17)30-21-18(15-6-7-15)13-27-31(20)21/h1,3-4,9-10,13,15,17,26,29H,2,5-8,11-12H2,(H,28,30)/t17-/m0/s1. The van der Waals surface area contributed by atoms with Crippen LogP contribution in [-0.4, -0.2) is 39.9 Å². The Morgan fingerprint density at radius 2 is 2.03 bits per heavy atom. The molecular formula is C22H25F3N6. The number of alkyl halides is 3. The van der Waals surface area contributed by atoms with Gasteiger partial charge >= 0.3 is 6.18 Å². The second-order valence-corrected chi connectivity index (χ2v) is 8.44. The first-order valence-corrected chi connectivity index (χ1v) is 10.7. The van der Waals surface area contributed by atoms with Gasteiger partial charge in [0.1, 0.15) is 11.6 Å². The van der Waals surface area contributed by atoms with Crippen LogP contribution in [0.3, 0.4) is 0 Å². The van der Waals surface area contributed by atoms with E-state index in [4.69, 9.17) is 4.98 Å². The van der Waals surface area contributed by atoms with E-state index in [-0.39, 0.29) is 5.56 Å². The number of piperidine rings is 1. The van der Waals surface area contributed by atoms with E-state index >= 15 is 0 Å². The molecule has 5 rings (SSSR count). The SMILES string of the molecule is FC(F)(F)Cc1cccc(Nc2cc(N[C@H]3CCCNC3)nc3c(C4CC4)cnn23)c1. The van der Waals surface area contributed by atoms with Crippen molar-refractivity contribution in [1.82, 2.24) is 19.9 Å². The van der Waals surface area contributed by atoms with E-state index in [1.807, 2.05) is 12.3 Å². The van der Waals surface area contributed by atoms with Crippen LogP contribution in [0.1, 0.15) is 42.7 Å². The van der Waals surface area contributed by atoms with Crippen molar-refractivity contribution >= 4 is 23.0 Å². The van der Waals surface area contributed by atoms with Gasteiger partial charge in [-0.3, -0.25) is 0 Å². The average Bonchev–Trinajstić information content (AvgIpc) is 3.47. The number of nitrogens with one attached hydrogen (secondary N) is 3. The molecule has 0 spiro atoms.